The van der Waals surface area contributed by atoms with Gasteiger partial charge in [0, 0.05) is 22.7 Å². The molecule has 2 rings (SSSR count). The highest BCUT2D eigenvalue weighted by atomic mass is 32.2. The minimum absolute atomic E-state index is 0.494. The predicted molar refractivity (Wildman–Crippen MR) is 80.6 cm³/mol. The molecular formula is C13H15NS3. The van der Waals surface area contributed by atoms with Gasteiger partial charge in [0.05, 0.1) is 0 Å². The van der Waals surface area contributed by atoms with E-state index in [2.05, 4.69) is 53.3 Å². The monoisotopic (exact) mass is 281 g/mol. The fourth-order valence-corrected chi connectivity index (χ4v) is 4.07. The Morgan fingerprint density at radius 1 is 1.35 bits per heavy atom. The van der Waals surface area contributed by atoms with Crippen LogP contribution in [0, 0.1) is 6.92 Å². The molecule has 2 aromatic rings. The molecule has 1 aromatic heterocycles. The Labute approximate surface area is 116 Å². The summed E-state index contributed by atoms with van der Waals surface area (Å²) in [4.78, 5) is 4.47. The Bertz CT molecular complexity index is 453. The van der Waals surface area contributed by atoms with Crippen molar-refractivity contribution < 1.29 is 0 Å². The summed E-state index contributed by atoms with van der Waals surface area (Å²) < 4.78 is 1.16. The van der Waals surface area contributed by atoms with Gasteiger partial charge in [-0.2, -0.15) is 12.6 Å². The van der Waals surface area contributed by atoms with Crippen LogP contribution in [0.3, 0.4) is 0 Å². The van der Waals surface area contributed by atoms with Gasteiger partial charge in [-0.3, -0.25) is 0 Å². The summed E-state index contributed by atoms with van der Waals surface area (Å²) in [6.07, 6.45) is 0. The number of nitrogens with zero attached hydrogens (tertiary/aromatic N) is 1. The van der Waals surface area contributed by atoms with E-state index in [1.165, 1.54) is 5.56 Å². The van der Waals surface area contributed by atoms with Gasteiger partial charge in [-0.1, -0.05) is 42.1 Å². The topological polar surface area (TPSA) is 12.9 Å². The van der Waals surface area contributed by atoms with E-state index in [0.717, 1.165) is 21.5 Å². The van der Waals surface area contributed by atoms with Crippen LogP contribution in [0.5, 0.6) is 0 Å². The van der Waals surface area contributed by atoms with Gasteiger partial charge < -0.3 is 0 Å². The van der Waals surface area contributed by atoms with Crippen molar-refractivity contribution >= 4 is 35.7 Å². The molecule has 0 bridgehead atoms. The Kier molecular flexibility index (Phi) is 4.95. The zero-order chi connectivity index (χ0) is 12.1. The van der Waals surface area contributed by atoms with Crippen LogP contribution in [0.1, 0.15) is 17.2 Å². The largest absolute Gasteiger partial charge is 0.235 e. The molecule has 0 saturated heterocycles. The Hall–Kier alpha value is -0.450. The number of rotatable bonds is 5. The molecule has 0 aliphatic rings. The number of thiazole rings is 1. The third-order valence-corrected chi connectivity index (χ3v) is 5.24. The summed E-state index contributed by atoms with van der Waals surface area (Å²) in [5, 5.41) is 2.10. The van der Waals surface area contributed by atoms with Crippen LogP contribution in [-0.2, 0) is 0 Å². The van der Waals surface area contributed by atoms with E-state index in [1.54, 1.807) is 11.3 Å². The second-order valence-electron chi connectivity index (χ2n) is 3.86. The average molecular weight is 281 g/mol. The van der Waals surface area contributed by atoms with Gasteiger partial charge in [0.25, 0.3) is 0 Å². The third-order valence-electron chi connectivity index (χ3n) is 2.50. The van der Waals surface area contributed by atoms with E-state index in [-0.39, 0.29) is 0 Å². The summed E-state index contributed by atoms with van der Waals surface area (Å²) in [5.41, 5.74) is 2.47. The van der Waals surface area contributed by atoms with E-state index in [9.17, 15) is 0 Å². The number of aryl methyl sites for hydroxylation is 1. The first-order valence-electron chi connectivity index (χ1n) is 5.50. The zero-order valence-electron chi connectivity index (χ0n) is 9.67. The van der Waals surface area contributed by atoms with Gasteiger partial charge in [0.2, 0.25) is 0 Å². The maximum atomic E-state index is 4.47. The Balaban J connectivity index is 1.97. The molecule has 17 heavy (non-hydrogen) atoms. The normalized spacial score (nSPS) is 12.6. The Morgan fingerprint density at radius 2 is 2.12 bits per heavy atom. The van der Waals surface area contributed by atoms with Gasteiger partial charge in [-0.15, -0.1) is 11.3 Å². The van der Waals surface area contributed by atoms with Crippen molar-refractivity contribution in [1.29, 1.82) is 0 Å². The standard InChI is InChI=1S/C13H15NS3/c1-10-8-16-13(14-10)17-9-12(7-15)11-5-3-2-4-6-11/h2-6,8,12,15H,7,9H2,1H3. The van der Waals surface area contributed by atoms with E-state index >= 15 is 0 Å². The lowest BCUT2D eigenvalue weighted by molar-refractivity contribution is 0.897. The molecule has 1 aromatic carbocycles. The fraction of sp³-hybridized carbons (Fsp3) is 0.308. The molecular weight excluding hydrogens is 266 g/mol. The summed E-state index contributed by atoms with van der Waals surface area (Å²) in [6, 6.07) is 10.6. The Morgan fingerprint density at radius 3 is 2.71 bits per heavy atom. The van der Waals surface area contributed by atoms with Crippen LogP contribution in [-0.4, -0.2) is 16.5 Å². The highest BCUT2D eigenvalue weighted by molar-refractivity contribution is 8.01. The molecule has 1 heterocycles. The molecule has 0 radical (unpaired) electrons. The molecule has 0 N–H and O–H groups in total. The van der Waals surface area contributed by atoms with Crippen molar-refractivity contribution in [3.05, 3.63) is 47.0 Å². The number of hydrogen-bond donors (Lipinski definition) is 1. The molecule has 4 heteroatoms. The first-order valence-corrected chi connectivity index (χ1v) is 8.00. The molecule has 0 aliphatic heterocycles. The number of benzene rings is 1. The highest BCUT2D eigenvalue weighted by Crippen LogP contribution is 2.29. The molecule has 0 fully saturated rings. The van der Waals surface area contributed by atoms with Crippen molar-refractivity contribution in [3.8, 4) is 0 Å². The lowest BCUT2D eigenvalue weighted by Gasteiger charge is -2.13. The maximum absolute atomic E-state index is 4.47. The van der Waals surface area contributed by atoms with E-state index < -0.39 is 0 Å². The van der Waals surface area contributed by atoms with Gasteiger partial charge in [0.1, 0.15) is 4.34 Å². The smallest absolute Gasteiger partial charge is 0.150 e. The minimum atomic E-state index is 0.494. The molecule has 0 spiro atoms. The lowest BCUT2D eigenvalue weighted by Crippen LogP contribution is -2.03. The van der Waals surface area contributed by atoms with Gasteiger partial charge >= 0.3 is 0 Å². The zero-order valence-corrected chi connectivity index (χ0v) is 12.2. The first-order chi connectivity index (χ1) is 8.29. The van der Waals surface area contributed by atoms with Crippen LogP contribution < -0.4 is 0 Å². The quantitative estimate of drug-likeness (QED) is 0.649. The second-order valence-corrected chi connectivity index (χ2v) is 6.35. The molecule has 1 atom stereocenters. The third kappa shape index (κ3) is 3.76. The van der Waals surface area contributed by atoms with Crippen molar-refractivity contribution in [2.75, 3.05) is 11.5 Å². The predicted octanol–water partition coefficient (Wildman–Crippen LogP) is 4.26. The first kappa shape index (κ1) is 13.0. The minimum Gasteiger partial charge on any atom is -0.235 e. The van der Waals surface area contributed by atoms with Crippen LogP contribution in [0.4, 0.5) is 0 Å². The summed E-state index contributed by atoms with van der Waals surface area (Å²) >= 11 is 8.00. The van der Waals surface area contributed by atoms with Crippen LogP contribution in [0.2, 0.25) is 0 Å². The number of hydrogen-bond acceptors (Lipinski definition) is 4. The maximum Gasteiger partial charge on any atom is 0.150 e. The lowest BCUT2D eigenvalue weighted by atomic mass is 10.0. The van der Waals surface area contributed by atoms with Gasteiger partial charge in [-0.25, -0.2) is 4.98 Å². The molecule has 0 aliphatic carbocycles. The van der Waals surface area contributed by atoms with Crippen LogP contribution >= 0.6 is 35.7 Å². The number of thiol groups is 1. The highest BCUT2D eigenvalue weighted by Gasteiger charge is 2.11. The molecule has 0 amide bonds. The average Bonchev–Trinajstić information content (AvgIpc) is 2.77. The number of aromatic nitrogens is 1. The fourth-order valence-electron chi connectivity index (χ4n) is 1.55. The van der Waals surface area contributed by atoms with Crippen molar-refractivity contribution in [2.45, 2.75) is 17.2 Å². The molecule has 90 valence electrons. The molecule has 0 saturated carbocycles. The van der Waals surface area contributed by atoms with E-state index in [1.807, 2.05) is 18.7 Å². The summed E-state index contributed by atoms with van der Waals surface area (Å²) in [7, 11) is 0. The van der Waals surface area contributed by atoms with Crippen molar-refractivity contribution in [2.24, 2.45) is 0 Å². The van der Waals surface area contributed by atoms with E-state index in [4.69, 9.17) is 0 Å². The second kappa shape index (κ2) is 6.47. The number of thioether (sulfide) groups is 1. The molecule has 1 nitrogen and oxygen atoms in total. The van der Waals surface area contributed by atoms with Crippen LogP contribution in [0.25, 0.3) is 0 Å². The van der Waals surface area contributed by atoms with Gasteiger partial charge in [-0.05, 0) is 18.2 Å². The van der Waals surface area contributed by atoms with Crippen molar-refractivity contribution in [1.82, 2.24) is 4.98 Å². The van der Waals surface area contributed by atoms with Gasteiger partial charge in [0.15, 0.2) is 0 Å². The van der Waals surface area contributed by atoms with Crippen molar-refractivity contribution in [3.63, 3.8) is 0 Å². The van der Waals surface area contributed by atoms with Crippen LogP contribution in [0.15, 0.2) is 40.1 Å². The molecule has 1 unspecified atom stereocenters. The van der Waals surface area contributed by atoms with E-state index in [0.29, 0.717) is 5.92 Å². The summed E-state index contributed by atoms with van der Waals surface area (Å²) in [6.45, 7) is 2.04. The SMILES string of the molecule is Cc1csc(SCC(CS)c2ccccc2)n1. The summed E-state index contributed by atoms with van der Waals surface area (Å²) in [5.74, 6) is 2.41.